The quantitative estimate of drug-likeness (QED) is 0.824. The van der Waals surface area contributed by atoms with Crippen LogP contribution in [0.25, 0.3) is 0 Å². The Hall–Kier alpha value is -1.09. The van der Waals surface area contributed by atoms with Crippen LogP contribution in [0.4, 0.5) is 5.69 Å². The number of pyridine rings is 1. The van der Waals surface area contributed by atoms with E-state index in [0.29, 0.717) is 5.92 Å². The Morgan fingerprint density at radius 1 is 1.25 bits per heavy atom. The molecule has 1 aromatic rings. The molecule has 0 atom stereocenters. The summed E-state index contributed by atoms with van der Waals surface area (Å²) in [6, 6.07) is 2.28. The van der Waals surface area contributed by atoms with Gasteiger partial charge in [-0.25, -0.2) is 0 Å². The van der Waals surface area contributed by atoms with Crippen molar-refractivity contribution < 1.29 is 0 Å². The van der Waals surface area contributed by atoms with E-state index in [1.54, 1.807) is 0 Å². The smallest absolute Gasteiger partial charge is 0.0556 e. The van der Waals surface area contributed by atoms with Gasteiger partial charge in [0, 0.05) is 25.8 Å². The molecule has 2 heterocycles. The predicted molar refractivity (Wildman–Crippen MR) is 68.0 cm³/mol. The molecule has 0 amide bonds. The lowest BCUT2D eigenvalue weighted by Crippen LogP contribution is -2.27. The molecule has 1 aliphatic heterocycles. The van der Waals surface area contributed by atoms with Crippen molar-refractivity contribution in [2.24, 2.45) is 0 Å². The molecule has 3 nitrogen and oxygen atoms in total. The minimum absolute atomic E-state index is 0.553. The highest BCUT2D eigenvalue weighted by molar-refractivity contribution is 5.46. The van der Waals surface area contributed by atoms with Gasteiger partial charge in [-0.05, 0) is 30.5 Å². The lowest BCUT2D eigenvalue weighted by molar-refractivity contribution is 0.724. The zero-order chi connectivity index (χ0) is 11.4. The van der Waals surface area contributed by atoms with Crippen LogP contribution in [0.15, 0.2) is 18.5 Å². The fourth-order valence-corrected chi connectivity index (χ4v) is 2.04. The first kappa shape index (κ1) is 11.4. The van der Waals surface area contributed by atoms with Gasteiger partial charge in [-0.3, -0.25) is 4.98 Å². The largest absolute Gasteiger partial charge is 0.369 e. The molecule has 1 aliphatic rings. The van der Waals surface area contributed by atoms with Gasteiger partial charge in [-0.15, -0.1) is 0 Å². The number of nitrogens with one attached hydrogen (secondary N) is 1. The maximum atomic E-state index is 4.35. The Kier molecular flexibility index (Phi) is 3.78. The van der Waals surface area contributed by atoms with Crippen molar-refractivity contribution in [3.05, 3.63) is 24.0 Å². The normalized spacial score (nSPS) is 17.6. The molecule has 0 bridgehead atoms. The van der Waals surface area contributed by atoms with Crippen LogP contribution in [0.5, 0.6) is 0 Å². The van der Waals surface area contributed by atoms with Crippen molar-refractivity contribution in [1.82, 2.24) is 10.3 Å². The van der Waals surface area contributed by atoms with Crippen molar-refractivity contribution >= 4 is 5.69 Å². The van der Waals surface area contributed by atoms with E-state index in [9.17, 15) is 0 Å². The summed E-state index contributed by atoms with van der Waals surface area (Å²) in [5.41, 5.74) is 2.60. The Balaban J connectivity index is 2.15. The van der Waals surface area contributed by atoms with Gasteiger partial charge < -0.3 is 10.2 Å². The van der Waals surface area contributed by atoms with Gasteiger partial charge in [0.15, 0.2) is 0 Å². The molecule has 1 N–H and O–H groups in total. The maximum absolute atomic E-state index is 4.35. The van der Waals surface area contributed by atoms with Crippen LogP contribution < -0.4 is 10.2 Å². The van der Waals surface area contributed by atoms with Crippen molar-refractivity contribution in [3.8, 4) is 0 Å². The van der Waals surface area contributed by atoms with E-state index < -0.39 is 0 Å². The summed E-state index contributed by atoms with van der Waals surface area (Å²) in [5.74, 6) is 0.553. The fourth-order valence-electron chi connectivity index (χ4n) is 2.04. The Labute approximate surface area is 97.9 Å². The highest BCUT2D eigenvalue weighted by atomic mass is 15.2. The molecule has 2 rings (SSSR count). The van der Waals surface area contributed by atoms with E-state index in [2.05, 4.69) is 35.1 Å². The minimum atomic E-state index is 0.553. The highest BCUT2D eigenvalue weighted by Crippen LogP contribution is 2.20. The van der Waals surface area contributed by atoms with Gasteiger partial charge >= 0.3 is 0 Å². The second-order valence-corrected chi connectivity index (χ2v) is 4.72. The van der Waals surface area contributed by atoms with E-state index >= 15 is 0 Å². The third-order valence-corrected chi connectivity index (χ3v) is 3.12. The number of hydrogen-bond acceptors (Lipinski definition) is 3. The van der Waals surface area contributed by atoms with Gasteiger partial charge in [-0.1, -0.05) is 13.8 Å². The van der Waals surface area contributed by atoms with E-state index in [0.717, 1.165) is 26.2 Å². The van der Waals surface area contributed by atoms with Crippen molar-refractivity contribution in [3.63, 3.8) is 0 Å². The standard InChI is InChI=1S/C13H21N3/c1-11(2)12-8-13(10-15-9-12)16-6-3-4-14-5-7-16/h8-11,14H,3-7H2,1-2H3. The van der Waals surface area contributed by atoms with E-state index in [-0.39, 0.29) is 0 Å². The van der Waals surface area contributed by atoms with Gasteiger partial charge in [-0.2, -0.15) is 0 Å². The van der Waals surface area contributed by atoms with Crippen LogP contribution in [0.1, 0.15) is 31.7 Å². The van der Waals surface area contributed by atoms with Crippen molar-refractivity contribution in [2.75, 3.05) is 31.1 Å². The van der Waals surface area contributed by atoms with Crippen LogP contribution in [-0.2, 0) is 0 Å². The third kappa shape index (κ3) is 2.73. The number of rotatable bonds is 2. The van der Waals surface area contributed by atoms with E-state index in [1.165, 1.54) is 17.7 Å². The molecule has 0 aliphatic carbocycles. The molecular formula is C13H21N3. The summed E-state index contributed by atoms with van der Waals surface area (Å²) in [6.45, 7) is 8.86. The lowest BCUT2D eigenvalue weighted by atomic mass is 10.1. The predicted octanol–water partition coefficient (Wildman–Crippen LogP) is 2.00. The van der Waals surface area contributed by atoms with E-state index in [4.69, 9.17) is 0 Å². The molecule has 0 radical (unpaired) electrons. The first-order chi connectivity index (χ1) is 7.77. The van der Waals surface area contributed by atoms with Crippen molar-refractivity contribution in [2.45, 2.75) is 26.2 Å². The molecule has 3 heteroatoms. The maximum Gasteiger partial charge on any atom is 0.0556 e. The Bertz CT molecular complexity index is 328. The molecular weight excluding hydrogens is 198 g/mol. The topological polar surface area (TPSA) is 28.2 Å². The van der Waals surface area contributed by atoms with Crippen molar-refractivity contribution in [1.29, 1.82) is 0 Å². The summed E-state index contributed by atoms with van der Waals surface area (Å²) >= 11 is 0. The second-order valence-electron chi connectivity index (χ2n) is 4.72. The molecule has 1 saturated heterocycles. The molecule has 0 aromatic carbocycles. The fraction of sp³-hybridized carbons (Fsp3) is 0.615. The van der Waals surface area contributed by atoms with Crippen LogP contribution in [0.3, 0.4) is 0 Å². The Morgan fingerprint density at radius 3 is 2.94 bits per heavy atom. The molecule has 0 spiro atoms. The van der Waals surface area contributed by atoms with Gasteiger partial charge in [0.1, 0.15) is 0 Å². The summed E-state index contributed by atoms with van der Waals surface area (Å²) in [4.78, 5) is 6.78. The summed E-state index contributed by atoms with van der Waals surface area (Å²) in [7, 11) is 0. The average molecular weight is 219 g/mol. The zero-order valence-electron chi connectivity index (χ0n) is 10.2. The zero-order valence-corrected chi connectivity index (χ0v) is 10.2. The van der Waals surface area contributed by atoms with Gasteiger partial charge in [0.05, 0.1) is 11.9 Å². The molecule has 0 unspecified atom stereocenters. The summed E-state index contributed by atoms with van der Waals surface area (Å²) in [6.07, 6.45) is 5.17. The summed E-state index contributed by atoms with van der Waals surface area (Å²) in [5, 5.41) is 3.42. The first-order valence-corrected chi connectivity index (χ1v) is 6.18. The molecule has 88 valence electrons. The molecule has 1 fully saturated rings. The number of hydrogen-bond donors (Lipinski definition) is 1. The number of nitrogens with zero attached hydrogens (tertiary/aromatic N) is 2. The Morgan fingerprint density at radius 2 is 2.12 bits per heavy atom. The van der Waals surface area contributed by atoms with Crippen LogP contribution in [-0.4, -0.2) is 31.2 Å². The minimum Gasteiger partial charge on any atom is -0.369 e. The first-order valence-electron chi connectivity index (χ1n) is 6.18. The number of anilines is 1. The lowest BCUT2D eigenvalue weighted by Gasteiger charge is -2.22. The van der Waals surface area contributed by atoms with Crippen LogP contribution in [0.2, 0.25) is 0 Å². The molecule has 0 saturated carbocycles. The third-order valence-electron chi connectivity index (χ3n) is 3.12. The van der Waals surface area contributed by atoms with Crippen LogP contribution >= 0.6 is 0 Å². The van der Waals surface area contributed by atoms with Gasteiger partial charge in [0.25, 0.3) is 0 Å². The molecule has 16 heavy (non-hydrogen) atoms. The van der Waals surface area contributed by atoms with Crippen LogP contribution in [0, 0.1) is 0 Å². The van der Waals surface area contributed by atoms with Gasteiger partial charge in [0.2, 0.25) is 0 Å². The molecule has 1 aromatic heterocycles. The number of aromatic nitrogens is 1. The SMILES string of the molecule is CC(C)c1cncc(N2CCCNCC2)c1. The van der Waals surface area contributed by atoms with E-state index in [1.807, 2.05) is 12.4 Å². The average Bonchev–Trinajstić information content (AvgIpc) is 2.57. The second kappa shape index (κ2) is 5.30. The monoisotopic (exact) mass is 219 g/mol. The highest BCUT2D eigenvalue weighted by Gasteiger charge is 2.10. The summed E-state index contributed by atoms with van der Waals surface area (Å²) < 4.78 is 0.